The molecule has 0 aromatic rings. The van der Waals surface area contributed by atoms with Crippen LogP contribution in [0.1, 0.15) is 47.0 Å². The summed E-state index contributed by atoms with van der Waals surface area (Å²) in [6.45, 7) is 13.2. The van der Waals surface area contributed by atoms with Crippen molar-refractivity contribution in [2.45, 2.75) is 58.7 Å². The van der Waals surface area contributed by atoms with Crippen LogP contribution in [0, 0.1) is 17.8 Å². The van der Waals surface area contributed by atoms with Crippen molar-refractivity contribution < 1.29 is 4.74 Å². The molecule has 0 radical (unpaired) electrons. The summed E-state index contributed by atoms with van der Waals surface area (Å²) in [7, 11) is 0. The summed E-state index contributed by atoms with van der Waals surface area (Å²) in [5.74, 6) is 2.39. The zero-order chi connectivity index (χ0) is 11.2. The number of ether oxygens (including phenoxy) is 1. The fourth-order valence-electron chi connectivity index (χ4n) is 4.07. The van der Waals surface area contributed by atoms with Crippen molar-refractivity contribution in [1.82, 2.24) is 0 Å². The van der Waals surface area contributed by atoms with Crippen molar-refractivity contribution in [2.75, 3.05) is 0 Å². The Hall–Kier alpha value is -0.300. The zero-order valence-electron chi connectivity index (χ0n) is 10.5. The monoisotopic (exact) mass is 208 g/mol. The van der Waals surface area contributed by atoms with Crippen LogP contribution >= 0.6 is 0 Å². The Morgan fingerprint density at radius 2 is 1.87 bits per heavy atom. The largest absolute Gasteiger partial charge is 0.371 e. The molecule has 15 heavy (non-hydrogen) atoms. The summed E-state index contributed by atoms with van der Waals surface area (Å²) in [4.78, 5) is 0. The number of rotatable bonds is 2. The Kier molecular flexibility index (Phi) is 2.70. The molecule has 3 unspecified atom stereocenters. The van der Waals surface area contributed by atoms with Crippen LogP contribution in [0.3, 0.4) is 0 Å². The van der Waals surface area contributed by atoms with E-state index in [4.69, 9.17) is 4.74 Å². The predicted octanol–water partition coefficient (Wildman–Crippen LogP) is 3.79. The average Bonchev–Trinajstić information content (AvgIpc) is 1.96. The quantitative estimate of drug-likeness (QED) is 0.627. The molecule has 0 amide bonds. The van der Waals surface area contributed by atoms with E-state index in [1.165, 1.54) is 18.4 Å². The lowest BCUT2D eigenvalue weighted by Gasteiger charge is -2.56. The van der Waals surface area contributed by atoms with Crippen LogP contribution in [-0.2, 0) is 4.74 Å². The molecule has 3 aliphatic rings. The van der Waals surface area contributed by atoms with Crippen molar-refractivity contribution in [3.05, 3.63) is 12.2 Å². The lowest BCUT2D eigenvalue weighted by Crippen LogP contribution is -2.55. The van der Waals surface area contributed by atoms with Crippen molar-refractivity contribution in [3.63, 3.8) is 0 Å². The van der Waals surface area contributed by atoms with E-state index in [2.05, 4.69) is 34.3 Å². The molecule has 0 aromatic carbocycles. The molecular weight excluding hydrogens is 184 g/mol. The van der Waals surface area contributed by atoms with Crippen molar-refractivity contribution >= 4 is 0 Å². The normalized spacial score (nSPS) is 49.3. The van der Waals surface area contributed by atoms with E-state index < -0.39 is 0 Å². The molecule has 2 aliphatic heterocycles. The zero-order valence-corrected chi connectivity index (χ0v) is 10.5. The van der Waals surface area contributed by atoms with Gasteiger partial charge in [-0.2, -0.15) is 0 Å². The van der Waals surface area contributed by atoms with Gasteiger partial charge >= 0.3 is 0 Å². The van der Waals surface area contributed by atoms with Crippen molar-refractivity contribution in [3.8, 4) is 0 Å². The van der Waals surface area contributed by atoms with E-state index in [0.29, 0.717) is 6.10 Å². The number of fused-ring (bicyclic) bond motifs is 3. The second kappa shape index (κ2) is 3.62. The molecule has 1 nitrogen and oxygen atoms in total. The Balaban J connectivity index is 2.18. The molecule has 0 aromatic heterocycles. The molecule has 1 saturated carbocycles. The summed E-state index contributed by atoms with van der Waals surface area (Å²) in [6, 6.07) is 0. The van der Waals surface area contributed by atoms with E-state index in [0.717, 1.165) is 24.2 Å². The van der Waals surface area contributed by atoms with Crippen molar-refractivity contribution in [2.24, 2.45) is 17.8 Å². The third kappa shape index (κ3) is 1.99. The maximum Gasteiger partial charge on any atom is 0.0663 e. The van der Waals surface area contributed by atoms with Gasteiger partial charge in [0.1, 0.15) is 0 Å². The van der Waals surface area contributed by atoms with Gasteiger partial charge in [-0.1, -0.05) is 19.4 Å². The van der Waals surface area contributed by atoms with Crippen LogP contribution in [0.4, 0.5) is 0 Å². The molecule has 0 N–H and O–H groups in total. The lowest BCUT2D eigenvalue weighted by atomic mass is 9.62. The predicted molar refractivity (Wildman–Crippen MR) is 63.8 cm³/mol. The molecular formula is C14H24O. The van der Waals surface area contributed by atoms with Crippen LogP contribution in [0.25, 0.3) is 0 Å². The highest BCUT2D eigenvalue weighted by atomic mass is 16.5. The molecule has 86 valence electrons. The van der Waals surface area contributed by atoms with Gasteiger partial charge in [0, 0.05) is 0 Å². The first-order chi connectivity index (χ1) is 6.91. The maximum absolute atomic E-state index is 6.26. The summed E-state index contributed by atoms with van der Waals surface area (Å²) < 4.78 is 6.26. The molecule has 2 bridgehead atoms. The van der Waals surface area contributed by atoms with Gasteiger partial charge in [-0.15, -0.1) is 6.58 Å². The standard InChI is InChI=1S/C14H24O/c1-9(2)6-12-13-10(3)7-14(5,15-12)8-11(13)4/h10-13H,1,6-8H2,2-5H3. The number of hydrogen-bond donors (Lipinski definition) is 0. The van der Waals surface area contributed by atoms with Crippen LogP contribution < -0.4 is 0 Å². The molecule has 1 aliphatic carbocycles. The highest BCUT2D eigenvalue weighted by Crippen LogP contribution is 2.51. The van der Waals surface area contributed by atoms with Crippen LogP contribution in [0.2, 0.25) is 0 Å². The lowest BCUT2D eigenvalue weighted by molar-refractivity contribution is -0.223. The van der Waals surface area contributed by atoms with Crippen molar-refractivity contribution in [1.29, 1.82) is 0 Å². The fraction of sp³-hybridized carbons (Fsp3) is 0.857. The topological polar surface area (TPSA) is 9.23 Å². The minimum Gasteiger partial charge on any atom is -0.371 e. The van der Waals surface area contributed by atoms with Crippen LogP contribution in [-0.4, -0.2) is 11.7 Å². The molecule has 3 rings (SSSR count). The van der Waals surface area contributed by atoms with Gasteiger partial charge in [-0.3, -0.25) is 0 Å². The summed E-state index contributed by atoms with van der Waals surface area (Å²) in [6.07, 6.45) is 3.97. The fourth-order valence-corrected chi connectivity index (χ4v) is 4.07. The van der Waals surface area contributed by atoms with E-state index in [-0.39, 0.29) is 5.60 Å². The minimum atomic E-state index is 0.147. The highest BCUT2D eigenvalue weighted by molar-refractivity contribution is 5.03. The van der Waals surface area contributed by atoms with E-state index in [1.54, 1.807) is 0 Å². The molecule has 1 heteroatoms. The van der Waals surface area contributed by atoms with Gasteiger partial charge in [0.15, 0.2) is 0 Å². The molecule has 0 spiro atoms. The number of hydrogen-bond acceptors (Lipinski definition) is 1. The van der Waals surface area contributed by atoms with Gasteiger partial charge < -0.3 is 4.74 Å². The van der Waals surface area contributed by atoms with E-state index in [1.807, 2.05) is 0 Å². The summed E-state index contributed by atoms with van der Waals surface area (Å²) in [5.41, 5.74) is 1.41. The molecule has 2 heterocycles. The third-order valence-corrected chi connectivity index (χ3v) is 4.24. The third-order valence-electron chi connectivity index (χ3n) is 4.24. The maximum atomic E-state index is 6.26. The first kappa shape index (κ1) is 11.2. The second-order valence-electron chi connectivity index (χ2n) is 6.21. The van der Waals surface area contributed by atoms with Crippen LogP contribution in [0.5, 0.6) is 0 Å². The Morgan fingerprint density at radius 1 is 1.33 bits per heavy atom. The smallest absolute Gasteiger partial charge is 0.0663 e. The van der Waals surface area contributed by atoms with Gasteiger partial charge in [-0.25, -0.2) is 0 Å². The first-order valence-corrected chi connectivity index (χ1v) is 6.23. The molecule has 2 saturated heterocycles. The Bertz CT molecular complexity index is 257. The van der Waals surface area contributed by atoms with Gasteiger partial charge in [0.25, 0.3) is 0 Å². The summed E-state index contributed by atoms with van der Waals surface area (Å²) >= 11 is 0. The molecule has 3 atom stereocenters. The molecule has 3 fully saturated rings. The average molecular weight is 208 g/mol. The summed E-state index contributed by atoms with van der Waals surface area (Å²) in [5, 5.41) is 0. The SMILES string of the molecule is C=C(C)CC1OC2(C)CC(C)C1C(C)C2. The Morgan fingerprint density at radius 3 is 2.27 bits per heavy atom. The second-order valence-corrected chi connectivity index (χ2v) is 6.21. The van der Waals surface area contributed by atoms with Gasteiger partial charge in [-0.05, 0) is 50.9 Å². The van der Waals surface area contributed by atoms with Gasteiger partial charge in [0.05, 0.1) is 11.7 Å². The Labute approximate surface area is 93.9 Å². The minimum absolute atomic E-state index is 0.147. The highest BCUT2D eigenvalue weighted by Gasteiger charge is 2.50. The van der Waals surface area contributed by atoms with Gasteiger partial charge in [0.2, 0.25) is 0 Å². The van der Waals surface area contributed by atoms with E-state index >= 15 is 0 Å². The van der Waals surface area contributed by atoms with Crippen LogP contribution in [0.15, 0.2) is 12.2 Å². The van der Waals surface area contributed by atoms with E-state index in [9.17, 15) is 0 Å². The first-order valence-electron chi connectivity index (χ1n) is 6.23.